The van der Waals surface area contributed by atoms with Crippen molar-refractivity contribution in [3.63, 3.8) is 0 Å². The van der Waals surface area contributed by atoms with E-state index >= 15 is 0 Å². The second kappa shape index (κ2) is 8.13. The van der Waals surface area contributed by atoms with Crippen molar-refractivity contribution in [2.24, 2.45) is 0 Å². The zero-order valence-electron chi connectivity index (χ0n) is 13.5. The lowest BCUT2D eigenvalue weighted by atomic mass is 9.88. The van der Waals surface area contributed by atoms with Crippen molar-refractivity contribution in [1.82, 2.24) is 4.90 Å². The molecule has 3 rings (SSSR count). The molecular formula is C18H21ClN2O3. The summed E-state index contributed by atoms with van der Waals surface area (Å²) in [5.41, 5.74) is 1.24. The van der Waals surface area contributed by atoms with E-state index in [1.807, 2.05) is 18.2 Å². The minimum absolute atomic E-state index is 0. The Labute approximate surface area is 147 Å². The van der Waals surface area contributed by atoms with Gasteiger partial charge in [0.2, 0.25) is 0 Å². The number of piperidine rings is 1. The van der Waals surface area contributed by atoms with Gasteiger partial charge in [0, 0.05) is 25.1 Å². The van der Waals surface area contributed by atoms with Gasteiger partial charge >= 0.3 is 5.69 Å². The quantitative estimate of drug-likeness (QED) is 0.621. The molecule has 0 aromatic heterocycles. The first-order valence-electron chi connectivity index (χ1n) is 7.78. The van der Waals surface area contributed by atoms with Gasteiger partial charge in [0.25, 0.3) is 0 Å². The van der Waals surface area contributed by atoms with Crippen LogP contribution in [0.3, 0.4) is 0 Å². The number of likely N-dealkylation sites (tertiary alicyclic amines) is 1. The monoisotopic (exact) mass is 348 g/mol. The Morgan fingerprint density at radius 2 is 1.79 bits per heavy atom. The number of hydrogen-bond acceptors (Lipinski definition) is 4. The SMILES string of the molecule is CN1CC[C@@H](Oc2ccccc2[N+](=O)[O-])[C@H](c2ccccc2)C1.Cl. The fourth-order valence-corrected chi connectivity index (χ4v) is 3.13. The molecule has 0 saturated carbocycles. The highest BCUT2D eigenvalue weighted by Crippen LogP contribution is 2.34. The molecule has 2 aromatic rings. The fraction of sp³-hybridized carbons (Fsp3) is 0.333. The summed E-state index contributed by atoms with van der Waals surface area (Å²) in [6.45, 7) is 1.81. The number of nitro benzene ring substituents is 1. The van der Waals surface area contributed by atoms with Crippen LogP contribution >= 0.6 is 12.4 Å². The van der Waals surface area contributed by atoms with Crippen molar-refractivity contribution < 1.29 is 9.66 Å². The van der Waals surface area contributed by atoms with E-state index < -0.39 is 0 Å². The molecule has 2 atom stereocenters. The summed E-state index contributed by atoms with van der Waals surface area (Å²) in [5, 5.41) is 11.2. The summed E-state index contributed by atoms with van der Waals surface area (Å²) in [7, 11) is 2.09. The molecule has 0 aliphatic carbocycles. The van der Waals surface area contributed by atoms with E-state index in [1.54, 1.807) is 18.2 Å². The number of halogens is 1. The zero-order chi connectivity index (χ0) is 16.2. The van der Waals surface area contributed by atoms with E-state index in [-0.39, 0.29) is 35.0 Å². The number of nitro groups is 1. The van der Waals surface area contributed by atoms with Gasteiger partial charge in [0.05, 0.1) is 4.92 Å². The predicted octanol–water partition coefficient (Wildman–Crippen LogP) is 3.88. The van der Waals surface area contributed by atoms with Gasteiger partial charge in [-0.3, -0.25) is 10.1 Å². The third-order valence-corrected chi connectivity index (χ3v) is 4.32. The third kappa shape index (κ3) is 4.04. The van der Waals surface area contributed by atoms with Gasteiger partial charge in [-0.15, -0.1) is 12.4 Å². The highest BCUT2D eigenvalue weighted by molar-refractivity contribution is 5.85. The number of nitrogens with zero attached hydrogens (tertiary/aromatic N) is 2. The molecule has 1 saturated heterocycles. The zero-order valence-corrected chi connectivity index (χ0v) is 14.3. The minimum Gasteiger partial charge on any atom is -0.483 e. The third-order valence-electron chi connectivity index (χ3n) is 4.32. The van der Waals surface area contributed by atoms with Crippen LogP contribution in [0.25, 0.3) is 0 Å². The molecular weight excluding hydrogens is 328 g/mol. The van der Waals surface area contributed by atoms with Crippen LogP contribution in [0.4, 0.5) is 5.69 Å². The van der Waals surface area contributed by atoms with Crippen molar-refractivity contribution in [1.29, 1.82) is 0 Å². The molecule has 0 amide bonds. The lowest BCUT2D eigenvalue weighted by molar-refractivity contribution is -0.386. The van der Waals surface area contributed by atoms with E-state index in [4.69, 9.17) is 4.74 Å². The van der Waals surface area contributed by atoms with E-state index in [2.05, 4.69) is 24.1 Å². The van der Waals surface area contributed by atoms with Crippen LogP contribution in [0.1, 0.15) is 17.9 Å². The van der Waals surface area contributed by atoms with Crippen molar-refractivity contribution in [2.45, 2.75) is 18.4 Å². The Morgan fingerprint density at radius 3 is 2.50 bits per heavy atom. The Kier molecular flexibility index (Phi) is 6.17. The Balaban J connectivity index is 0.00000208. The normalized spacial score (nSPS) is 20.9. The molecule has 6 heteroatoms. The Bertz CT molecular complexity index is 681. The first kappa shape index (κ1) is 18.2. The average Bonchev–Trinajstić information content (AvgIpc) is 2.57. The second-order valence-corrected chi connectivity index (χ2v) is 5.95. The lowest BCUT2D eigenvalue weighted by Crippen LogP contribution is -2.42. The maximum atomic E-state index is 11.2. The van der Waals surface area contributed by atoms with E-state index in [9.17, 15) is 10.1 Å². The summed E-state index contributed by atoms with van der Waals surface area (Å²) in [6, 6.07) is 16.8. The first-order valence-corrected chi connectivity index (χ1v) is 7.78. The standard InChI is InChI=1S/C18H20N2O3.ClH/c1-19-12-11-17(15(13-19)14-7-3-2-4-8-14)23-18-10-6-5-9-16(18)20(21)22;/h2-10,15,17H,11-13H2,1H3;1H/t15-,17+;/m0./s1. The minimum atomic E-state index is -0.387. The molecule has 1 heterocycles. The van der Waals surface area contributed by atoms with Crippen LogP contribution < -0.4 is 4.74 Å². The average molecular weight is 349 g/mol. The van der Waals surface area contributed by atoms with Crippen molar-refractivity contribution in [3.05, 3.63) is 70.3 Å². The summed E-state index contributed by atoms with van der Waals surface area (Å²) in [4.78, 5) is 13.1. The Hall–Kier alpha value is -2.11. The van der Waals surface area contributed by atoms with E-state index in [1.165, 1.54) is 11.6 Å². The molecule has 5 nitrogen and oxygen atoms in total. The molecule has 24 heavy (non-hydrogen) atoms. The molecule has 2 aromatic carbocycles. The summed E-state index contributed by atoms with van der Waals surface area (Å²) in [6.07, 6.45) is 0.789. The molecule has 0 bridgehead atoms. The molecule has 0 N–H and O–H groups in total. The number of likely N-dealkylation sites (N-methyl/N-ethyl adjacent to an activating group) is 1. The highest BCUT2D eigenvalue weighted by atomic mass is 35.5. The second-order valence-electron chi connectivity index (χ2n) is 5.95. The summed E-state index contributed by atoms with van der Waals surface area (Å²) < 4.78 is 6.09. The van der Waals surface area contributed by atoms with E-state index in [0.717, 1.165) is 19.5 Å². The maximum Gasteiger partial charge on any atom is 0.310 e. The molecule has 1 aliphatic rings. The van der Waals surface area contributed by atoms with Crippen LogP contribution in [-0.4, -0.2) is 36.1 Å². The van der Waals surface area contributed by atoms with Gasteiger partial charge in [-0.2, -0.15) is 0 Å². The van der Waals surface area contributed by atoms with Crippen LogP contribution in [0, 0.1) is 10.1 Å². The molecule has 0 radical (unpaired) electrons. The molecule has 128 valence electrons. The van der Waals surface area contributed by atoms with Gasteiger partial charge in [-0.25, -0.2) is 0 Å². The highest BCUT2D eigenvalue weighted by Gasteiger charge is 2.32. The van der Waals surface area contributed by atoms with Gasteiger partial charge in [-0.05, 0) is 25.1 Å². The first-order chi connectivity index (χ1) is 11.1. The molecule has 1 aliphatic heterocycles. The van der Waals surface area contributed by atoms with Gasteiger partial charge in [-0.1, -0.05) is 42.5 Å². The number of hydrogen-bond donors (Lipinski definition) is 0. The lowest BCUT2D eigenvalue weighted by Gasteiger charge is -2.37. The van der Waals surface area contributed by atoms with Crippen LogP contribution in [0.5, 0.6) is 5.75 Å². The largest absolute Gasteiger partial charge is 0.483 e. The van der Waals surface area contributed by atoms with Crippen LogP contribution in [0.2, 0.25) is 0 Å². The molecule has 1 fully saturated rings. The maximum absolute atomic E-state index is 11.2. The van der Waals surface area contributed by atoms with E-state index in [0.29, 0.717) is 5.75 Å². The topological polar surface area (TPSA) is 55.6 Å². The molecule has 0 unspecified atom stereocenters. The van der Waals surface area contributed by atoms with Crippen LogP contribution in [-0.2, 0) is 0 Å². The van der Waals surface area contributed by atoms with Gasteiger partial charge in [0.15, 0.2) is 5.75 Å². The van der Waals surface area contributed by atoms with Gasteiger partial charge in [0.1, 0.15) is 6.10 Å². The molecule has 0 spiro atoms. The van der Waals surface area contributed by atoms with Crippen LogP contribution in [0.15, 0.2) is 54.6 Å². The predicted molar refractivity (Wildman–Crippen MR) is 96.1 cm³/mol. The number of benzene rings is 2. The van der Waals surface area contributed by atoms with Crippen molar-refractivity contribution in [2.75, 3.05) is 20.1 Å². The Morgan fingerprint density at radius 1 is 1.12 bits per heavy atom. The number of para-hydroxylation sites is 2. The summed E-state index contributed by atoms with van der Waals surface area (Å²) in [5.74, 6) is 0.558. The van der Waals surface area contributed by atoms with Gasteiger partial charge < -0.3 is 9.64 Å². The smallest absolute Gasteiger partial charge is 0.310 e. The van der Waals surface area contributed by atoms with Crippen molar-refractivity contribution in [3.8, 4) is 5.75 Å². The summed E-state index contributed by atoms with van der Waals surface area (Å²) >= 11 is 0. The van der Waals surface area contributed by atoms with Crippen molar-refractivity contribution >= 4 is 18.1 Å². The number of ether oxygens (including phenoxy) is 1. The fourth-order valence-electron chi connectivity index (χ4n) is 3.13. The number of rotatable bonds is 4.